The Morgan fingerprint density at radius 1 is 1.00 bits per heavy atom. The number of nitrogens with one attached hydrogen (secondary N) is 2. The molecule has 0 radical (unpaired) electrons. The third-order valence-corrected chi connectivity index (χ3v) is 7.69. The summed E-state index contributed by atoms with van der Waals surface area (Å²) in [6.45, 7) is -0.272. The number of carbonyl (C=O) groups is 3. The van der Waals surface area contributed by atoms with Gasteiger partial charge in [0.25, 0.3) is 0 Å². The van der Waals surface area contributed by atoms with E-state index in [1.54, 1.807) is 0 Å². The molecule has 0 fully saturated rings. The van der Waals surface area contributed by atoms with Crippen molar-refractivity contribution in [3.05, 3.63) is 94.5 Å². The second-order valence-electron chi connectivity index (χ2n) is 8.78. The Kier molecular flexibility index (Phi) is 6.19. The number of sulfone groups is 1. The van der Waals surface area contributed by atoms with Crippen LogP contribution >= 0.6 is 0 Å². The third kappa shape index (κ3) is 4.61. The van der Waals surface area contributed by atoms with E-state index in [9.17, 15) is 31.6 Å². The number of hydrogen-bond donors (Lipinski definition) is 3. The zero-order chi connectivity index (χ0) is 27.2. The van der Waals surface area contributed by atoms with Gasteiger partial charge in [-0.2, -0.15) is 0 Å². The van der Waals surface area contributed by atoms with Gasteiger partial charge in [0.05, 0.1) is 34.8 Å². The minimum atomic E-state index is -4.13. The van der Waals surface area contributed by atoms with Crippen LogP contribution in [0.4, 0.5) is 25.8 Å². The minimum absolute atomic E-state index is 0.0625. The fourth-order valence-electron chi connectivity index (χ4n) is 4.41. The number of primary amides is 1. The standard InChI is InChI=1S/C26H20F2N4O5S/c27-15-3-1-14(2-4-15)12-32-21-8-5-16(28)9-18(21)25(34)24(26(32)35)20-13-38(36,37)22-10-17(30-11-23(29)33)6-7-19(22)31-20/h1-10,13,24,30-31H,11-12H2,(H2,29,33). The van der Waals surface area contributed by atoms with Crippen LogP contribution in [0.1, 0.15) is 15.9 Å². The zero-order valence-corrected chi connectivity index (χ0v) is 20.4. The summed E-state index contributed by atoms with van der Waals surface area (Å²) < 4.78 is 53.9. The molecule has 194 valence electrons. The van der Waals surface area contributed by atoms with Crippen LogP contribution in [0.15, 0.2) is 76.7 Å². The minimum Gasteiger partial charge on any atom is -0.376 e. The number of carbonyl (C=O) groups excluding carboxylic acids is 3. The molecule has 2 heterocycles. The highest BCUT2D eigenvalue weighted by molar-refractivity contribution is 7.94. The molecule has 0 spiro atoms. The van der Waals surface area contributed by atoms with Crippen LogP contribution in [-0.4, -0.2) is 32.6 Å². The van der Waals surface area contributed by atoms with Crippen LogP contribution < -0.4 is 21.3 Å². The van der Waals surface area contributed by atoms with Crippen LogP contribution in [0.5, 0.6) is 0 Å². The molecule has 2 aliphatic heterocycles. The molecule has 0 aliphatic carbocycles. The Morgan fingerprint density at radius 2 is 1.71 bits per heavy atom. The van der Waals surface area contributed by atoms with E-state index in [2.05, 4.69) is 10.6 Å². The molecule has 1 unspecified atom stereocenters. The summed E-state index contributed by atoms with van der Waals surface area (Å²) in [4.78, 5) is 39.3. The second-order valence-corrected chi connectivity index (χ2v) is 10.5. The first-order valence-corrected chi connectivity index (χ1v) is 12.9. The largest absolute Gasteiger partial charge is 0.376 e. The Hall–Kier alpha value is -4.58. The Balaban J connectivity index is 1.54. The molecule has 0 saturated carbocycles. The molecule has 0 saturated heterocycles. The Morgan fingerprint density at radius 3 is 2.42 bits per heavy atom. The highest BCUT2D eigenvalue weighted by atomic mass is 32.2. The summed E-state index contributed by atoms with van der Waals surface area (Å²) in [6.07, 6.45) is 0. The van der Waals surface area contributed by atoms with Crippen molar-refractivity contribution in [1.82, 2.24) is 0 Å². The van der Waals surface area contributed by atoms with Gasteiger partial charge < -0.3 is 21.3 Å². The lowest BCUT2D eigenvalue weighted by atomic mass is 9.87. The van der Waals surface area contributed by atoms with Crippen molar-refractivity contribution in [3.8, 4) is 0 Å². The van der Waals surface area contributed by atoms with E-state index in [0.29, 0.717) is 11.3 Å². The van der Waals surface area contributed by atoms with Crippen molar-refractivity contribution in [2.75, 3.05) is 22.1 Å². The Labute approximate surface area is 215 Å². The summed E-state index contributed by atoms with van der Waals surface area (Å²) in [5.41, 5.74) is 5.98. The number of Topliss-reactive ketones (excluding diaryl/α,β-unsaturated/α-hetero) is 1. The van der Waals surface area contributed by atoms with Crippen LogP contribution in [0, 0.1) is 17.6 Å². The van der Waals surface area contributed by atoms with Gasteiger partial charge in [0.2, 0.25) is 21.7 Å². The van der Waals surface area contributed by atoms with E-state index in [4.69, 9.17) is 5.73 Å². The highest BCUT2D eigenvalue weighted by Crippen LogP contribution is 2.39. The van der Waals surface area contributed by atoms with Crippen LogP contribution in [-0.2, 0) is 26.0 Å². The first-order chi connectivity index (χ1) is 18.0. The fourth-order valence-corrected chi connectivity index (χ4v) is 5.78. The number of benzene rings is 3. The molecule has 1 atom stereocenters. The van der Waals surface area contributed by atoms with Gasteiger partial charge in [-0.1, -0.05) is 12.1 Å². The SMILES string of the molecule is NC(=O)CNc1ccc2c(c1)S(=O)(=O)C=C(C1C(=O)c3cc(F)ccc3N(Cc3ccc(F)cc3)C1=O)N2. The lowest BCUT2D eigenvalue weighted by Gasteiger charge is -2.35. The van der Waals surface area contributed by atoms with Gasteiger partial charge in [-0.15, -0.1) is 0 Å². The van der Waals surface area contributed by atoms with Crippen LogP contribution in [0.25, 0.3) is 0 Å². The van der Waals surface area contributed by atoms with Crippen molar-refractivity contribution >= 4 is 44.5 Å². The van der Waals surface area contributed by atoms with Crippen molar-refractivity contribution in [2.24, 2.45) is 11.7 Å². The first-order valence-electron chi connectivity index (χ1n) is 11.3. The lowest BCUT2D eigenvalue weighted by molar-refractivity contribution is -0.120. The van der Waals surface area contributed by atoms with Gasteiger partial charge in [0, 0.05) is 16.9 Å². The number of nitrogens with two attached hydrogens (primary N) is 1. The first kappa shape index (κ1) is 25.1. The van der Waals surface area contributed by atoms with Crippen molar-refractivity contribution in [3.63, 3.8) is 0 Å². The molecule has 4 N–H and O–H groups in total. The maximum atomic E-state index is 14.1. The number of rotatable bonds is 6. The topological polar surface area (TPSA) is 139 Å². The molecular formula is C26H20F2N4O5S. The van der Waals surface area contributed by atoms with Crippen LogP contribution in [0.2, 0.25) is 0 Å². The predicted molar refractivity (Wildman–Crippen MR) is 135 cm³/mol. The zero-order valence-electron chi connectivity index (χ0n) is 19.6. The van der Waals surface area contributed by atoms with E-state index in [1.165, 1.54) is 53.4 Å². The highest BCUT2D eigenvalue weighted by Gasteiger charge is 2.44. The smallest absolute Gasteiger partial charge is 0.244 e. The lowest BCUT2D eigenvalue weighted by Crippen LogP contribution is -2.46. The van der Waals surface area contributed by atoms with Gasteiger partial charge in [0.15, 0.2) is 5.78 Å². The summed E-state index contributed by atoms with van der Waals surface area (Å²) >= 11 is 0. The van der Waals surface area contributed by atoms with E-state index < -0.39 is 45.0 Å². The molecule has 2 aliphatic rings. The van der Waals surface area contributed by atoms with E-state index >= 15 is 0 Å². The normalized spacial score (nSPS) is 17.7. The number of anilines is 3. The third-order valence-electron chi connectivity index (χ3n) is 6.17. The molecule has 9 nitrogen and oxygen atoms in total. The van der Waals surface area contributed by atoms with Crippen molar-refractivity contribution in [1.29, 1.82) is 0 Å². The van der Waals surface area contributed by atoms with Crippen LogP contribution in [0.3, 0.4) is 0 Å². The molecule has 38 heavy (non-hydrogen) atoms. The quantitative estimate of drug-likeness (QED) is 0.410. The number of ketones is 1. The maximum Gasteiger partial charge on any atom is 0.244 e. The van der Waals surface area contributed by atoms with Gasteiger partial charge in [-0.25, -0.2) is 17.2 Å². The summed E-state index contributed by atoms with van der Waals surface area (Å²) in [5.74, 6) is -4.90. The molecule has 12 heteroatoms. The van der Waals surface area contributed by atoms with Crippen molar-refractivity contribution in [2.45, 2.75) is 11.4 Å². The predicted octanol–water partition coefficient (Wildman–Crippen LogP) is 2.95. The molecule has 2 amide bonds. The average Bonchev–Trinajstić information content (AvgIpc) is 2.86. The second kappa shape index (κ2) is 9.38. The summed E-state index contributed by atoms with van der Waals surface area (Å²) in [6, 6.07) is 13.0. The number of hydrogen-bond acceptors (Lipinski definition) is 7. The number of nitrogens with zero attached hydrogens (tertiary/aromatic N) is 1. The molecule has 0 aromatic heterocycles. The number of halogens is 2. The fraction of sp³-hybridized carbons (Fsp3) is 0.115. The summed E-state index contributed by atoms with van der Waals surface area (Å²) in [5, 5.41) is 6.37. The molecule has 3 aromatic carbocycles. The van der Waals surface area contributed by atoms with E-state index in [1.807, 2.05) is 0 Å². The van der Waals surface area contributed by atoms with Crippen molar-refractivity contribution < 1.29 is 31.6 Å². The molecule has 3 aromatic rings. The van der Waals surface area contributed by atoms with Gasteiger partial charge in [-0.3, -0.25) is 14.4 Å². The Bertz CT molecular complexity index is 1640. The van der Waals surface area contributed by atoms with E-state index in [0.717, 1.165) is 17.5 Å². The van der Waals surface area contributed by atoms with Gasteiger partial charge >= 0.3 is 0 Å². The van der Waals surface area contributed by atoms with Gasteiger partial charge in [-0.05, 0) is 54.1 Å². The molecule has 0 bridgehead atoms. The van der Waals surface area contributed by atoms with E-state index in [-0.39, 0.29) is 40.6 Å². The summed E-state index contributed by atoms with van der Waals surface area (Å²) in [7, 11) is -4.13. The maximum absolute atomic E-state index is 14.1. The number of amides is 2. The molecular weight excluding hydrogens is 518 g/mol. The molecule has 5 rings (SSSR count). The van der Waals surface area contributed by atoms with Gasteiger partial charge in [0.1, 0.15) is 17.6 Å². The average molecular weight is 539 g/mol. The monoisotopic (exact) mass is 538 g/mol. The number of fused-ring (bicyclic) bond motifs is 2.